The maximum absolute atomic E-state index is 4.63. The molecule has 1 fully saturated rings. The topological polar surface area (TPSA) is 59.2 Å². The van der Waals surface area contributed by atoms with E-state index in [0.29, 0.717) is 5.92 Å². The van der Waals surface area contributed by atoms with Gasteiger partial charge in [-0.25, -0.2) is 9.97 Å². The number of rotatable bonds is 3. The molecule has 1 aliphatic rings. The van der Waals surface area contributed by atoms with Gasteiger partial charge in [0.15, 0.2) is 5.65 Å². The summed E-state index contributed by atoms with van der Waals surface area (Å²) in [6.07, 6.45) is 7.05. The van der Waals surface area contributed by atoms with Crippen molar-refractivity contribution >= 4 is 33.0 Å². The SMILES string of the molecule is CCc1cc2c(N3CCCC(c4nnc5ccccn45)C3)ncnc2s1. The van der Waals surface area contributed by atoms with E-state index >= 15 is 0 Å². The van der Waals surface area contributed by atoms with E-state index in [1.54, 1.807) is 17.7 Å². The van der Waals surface area contributed by atoms with Crippen LogP contribution >= 0.6 is 11.3 Å². The van der Waals surface area contributed by atoms with Gasteiger partial charge in [0.25, 0.3) is 0 Å². The van der Waals surface area contributed by atoms with Crippen LogP contribution in [0, 0.1) is 0 Å². The van der Waals surface area contributed by atoms with E-state index in [9.17, 15) is 0 Å². The molecule has 1 unspecified atom stereocenters. The normalized spacial score (nSPS) is 18.0. The Morgan fingerprint density at radius 1 is 1.23 bits per heavy atom. The number of hydrogen-bond acceptors (Lipinski definition) is 6. The summed E-state index contributed by atoms with van der Waals surface area (Å²) in [7, 11) is 0. The van der Waals surface area contributed by atoms with Gasteiger partial charge in [0.2, 0.25) is 0 Å². The van der Waals surface area contributed by atoms with Crippen molar-refractivity contribution < 1.29 is 0 Å². The predicted molar refractivity (Wildman–Crippen MR) is 104 cm³/mol. The molecule has 0 aliphatic carbocycles. The van der Waals surface area contributed by atoms with E-state index in [-0.39, 0.29) is 0 Å². The maximum Gasteiger partial charge on any atom is 0.160 e. The first-order valence-corrected chi connectivity index (χ1v) is 9.93. The van der Waals surface area contributed by atoms with Gasteiger partial charge in [0.1, 0.15) is 22.8 Å². The molecule has 1 saturated heterocycles. The van der Waals surface area contributed by atoms with Crippen molar-refractivity contribution in [3.63, 3.8) is 0 Å². The molecule has 0 bridgehead atoms. The lowest BCUT2D eigenvalue weighted by molar-refractivity contribution is 0.486. The zero-order valence-electron chi connectivity index (χ0n) is 14.7. The van der Waals surface area contributed by atoms with Crippen LogP contribution in [0.25, 0.3) is 15.9 Å². The summed E-state index contributed by atoms with van der Waals surface area (Å²) in [6, 6.07) is 8.29. The smallest absolute Gasteiger partial charge is 0.160 e. The number of anilines is 1. The molecular weight excluding hydrogens is 344 g/mol. The first-order valence-electron chi connectivity index (χ1n) is 9.11. The molecule has 0 N–H and O–H groups in total. The van der Waals surface area contributed by atoms with Crippen LogP contribution in [0.4, 0.5) is 5.82 Å². The highest BCUT2D eigenvalue weighted by molar-refractivity contribution is 7.18. The summed E-state index contributed by atoms with van der Waals surface area (Å²) >= 11 is 1.77. The Kier molecular flexibility index (Phi) is 3.81. The van der Waals surface area contributed by atoms with Crippen molar-refractivity contribution in [2.24, 2.45) is 0 Å². The summed E-state index contributed by atoms with van der Waals surface area (Å²) in [5.41, 5.74) is 0.912. The zero-order chi connectivity index (χ0) is 17.5. The second kappa shape index (κ2) is 6.32. The van der Waals surface area contributed by atoms with Crippen molar-refractivity contribution in [2.45, 2.75) is 32.1 Å². The number of aromatic nitrogens is 5. The number of thiophene rings is 1. The number of fused-ring (bicyclic) bond motifs is 2. The lowest BCUT2D eigenvalue weighted by atomic mass is 9.97. The van der Waals surface area contributed by atoms with Gasteiger partial charge < -0.3 is 4.90 Å². The molecule has 5 heterocycles. The molecule has 0 saturated carbocycles. The third-order valence-electron chi connectivity index (χ3n) is 5.13. The van der Waals surface area contributed by atoms with E-state index in [1.165, 1.54) is 10.3 Å². The molecule has 0 amide bonds. The Morgan fingerprint density at radius 2 is 2.19 bits per heavy atom. The summed E-state index contributed by atoms with van der Waals surface area (Å²) in [4.78, 5) is 13.9. The van der Waals surface area contributed by atoms with Crippen LogP contribution < -0.4 is 4.90 Å². The first kappa shape index (κ1) is 15.7. The highest BCUT2D eigenvalue weighted by Gasteiger charge is 2.27. The van der Waals surface area contributed by atoms with Crippen LogP contribution in [0.15, 0.2) is 36.8 Å². The minimum Gasteiger partial charge on any atom is -0.355 e. The second-order valence-corrected chi connectivity index (χ2v) is 7.87. The molecule has 7 heteroatoms. The van der Waals surface area contributed by atoms with Gasteiger partial charge in [0.05, 0.1) is 5.39 Å². The van der Waals surface area contributed by atoms with Crippen LogP contribution in [0.5, 0.6) is 0 Å². The molecule has 6 nitrogen and oxygen atoms in total. The Labute approximate surface area is 155 Å². The molecule has 26 heavy (non-hydrogen) atoms. The van der Waals surface area contributed by atoms with E-state index in [4.69, 9.17) is 0 Å². The quantitative estimate of drug-likeness (QED) is 0.555. The molecule has 1 atom stereocenters. The molecule has 4 aromatic heterocycles. The fourth-order valence-corrected chi connectivity index (χ4v) is 4.77. The minimum absolute atomic E-state index is 0.357. The van der Waals surface area contributed by atoms with Crippen LogP contribution in [0.3, 0.4) is 0 Å². The molecule has 0 spiro atoms. The van der Waals surface area contributed by atoms with Crippen LogP contribution in [-0.4, -0.2) is 37.7 Å². The van der Waals surface area contributed by atoms with Crippen molar-refractivity contribution in [2.75, 3.05) is 18.0 Å². The minimum atomic E-state index is 0.357. The summed E-state index contributed by atoms with van der Waals surface area (Å²) in [6.45, 7) is 4.13. The average Bonchev–Trinajstić information content (AvgIpc) is 3.31. The standard InChI is InChI=1S/C19H20N6S/c1-2-14-10-15-18(20-12-21-19(15)26-14)24-8-5-6-13(11-24)17-23-22-16-7-3-4-9-25(16)17/h3-4,7,9-10,12-13H,2,5-6,8,11H2,1H3. The lowest BCUT2D eigenvalue weighted by Crippen LogP contribution is -2.35. The second-order valence-electron chi connectivity index (χ2n) is 6.75. The van der Waals surface area contributed by atoms with Gasteiger partial charge in [-0.15, -0.1) is 21.5 Å². The number of nitrogens with zero attached hydrogens (tertiary/aromatic N) is 6. The molecule has 1 aliphatic heterocycles. The van der Waals surface area contributed by atoms with E-state index in [1.807, 2.05) is 18.2 Å². The van der Waals surface area contributed by atoms with Crippen LogP contribution in [-0.2, 0) is 6.42 Å². The Morgan fingerprint density at radius 3 is 3.12 bits per heavy atom. The Balaban J connectivity index is 1.50. The summed E-state index contributed by atoms with van der Waals surface area (Å²) < 4.78 is 2.11. The molecular formula is C19H20N6S. The molecule has 132 valence electrons. The number of pyridine rings is 1. The number of piperidine rings is 1. The predicted octanol–water partition coefficient (Wildman–Crippen LogP) is 3.68. The first-order chi connectivity index (χ1) is 12.8. The number of hydrogen-bond donors (Lipinski definition) is 0. The van der Waals surface area contributed by atoms with Gasteiger partial charge in [-0.05, 0) is 37.5 Å². The third kappa shape index (κ3) is 2.54. The Bertz CT molecular complexity index is 1070. The summed E-state index contributed by atoms with van der Waals surface area (Å²) in [5.74, 6) is 2.47. The average molecular weight is 364 g/mol. The molecule has 4 aromatic rings. The van der Waals surface area contributed by atoms with Crippen molar-refractivity contribution in [1.82, 2.24) is 24.6 Å². The van der Waals surface area contributed by atoms with Crippen molar-refractivity contribution in [1.29, 1.82) is 0 Å². The van der Waals surface area contributed by atoms with Crippen molar-refractivity contribution in [3.05, 3.63) is 47.5 Å². The highest BCUT2D eigenvalue weighted by atomic mass is 32.1. The highest BCUT2D eigenvalue weighted by Crippen LogP contribution is 2.34. The number of aryl methyl sites for hydroxylation is 1. The third-order valence-corrected chi connectivity index (χ3v) is 6.32. The van der Waals surface area contributed by atoms with Gasteiger partial charge in [-0.2, -0.15) is 0 Å². The zero-order valence-corrected chi connectivity index (χ0v) is 15.5. The Hall–Kier alpha value is -2.54. The van der Waals surface area contributed by atoms with Gasteiger partial charge >= 0.3 is 0 Å². The molecule has 0 aromatic carbocycles. The van der Waals surface area contributed by atoms with E-state index in [0.717, 1.165) is 54.5 Å². The molecule has 0 radical (unpaired) electrons. The fraction of sp³-hybridized carbons (Fsp3) is 0.368. The fourth-order valence-electron chi connectivity index (χ4n) is 3.84. The van der Waals surface area contributed by atoms with E-state index < -0.39 is 0 Å². The van der Waals surface area contributed by atoms with Gasteiger partial charge in [0, 0.05) is 30.1 Å². The van der Waals surface area contributed by atoms with Crippen LogP contribution in [0.2, 0.25) is 0 Å². The van der Waals surface area contributed by atoms with E-state index in [2.05, 4.69) is 48.7 Å². The monoisotopic (exact) mass is 364 g/mol. The van der Waals surface area contributed by atoms with Gasteiger partial charge in [-0.1, -0.05) is 13.0 Å². The van der Waals surface area contributed by atoms with Gasteiger partial charge in [-0.3, -0.25) is 4.40 Å². The van der Waals surface area contributed by atoms with Crippen LogP contribution in [0.1, 0.15) is 36.4 Å². The molecule has 5 rings (SSSR count). The summed E-state index contributed by atoms with van der Waals surface area (Å²) in [5, 5.41) is 9.99. The van der Waals surface area contributed by atoms with Crippen molar-refractivity contribution in [3.8, 4) is 0 Å². The largest absolute Gasteiger partial charge is 0.355 e. The lowest BCUT2D eigenvalue weighted by Gasteiger charge is -2.33. The maximum atomic E-state index is 4.63.